The van der Waals surface area contributed by atoms with E-state index < -0.39 is 23.8 Å². The van der Waals surface area contributed by atoms with Gasteiger partial charge in [0.1, 0.15) is 0 Å². The molecule has 1 atom stereocenters. The van der Waals surface area contributed by atoms with Crippen LogP contribution in [0.25, 0.3) is 0 Å². The first-order valence-electron chi connectivity index (χ1n) is 6.95. The molecule has 0 heterocycles. The number of aliphatic hydroxyl groups excluding tert-OH is 1. The molecule has 0 bridgehead atoms. The highest BCUT2D eigenvalue weighted by molar-refractivity contribution is 5.94. The Morgan fingerprint density at radius 2 is 1.92 bits per heavy atom. The van der Waals surface area contributed by atoms with E-state index >= 15 is 0 Å². The van der Waals surface area contributed by atoms with Crippen molar-refractivity contribution in [3.05, 3.63) is 70.8 Å². The molecule has 0 saturated heterocycles. The van der Waals surface area contributed by atoms with Gasteiger partial charge >= 0.3 is 6.18 Å². The van der Waals surface area contributed by atoms with Crippen LogP contribution in [0.4, 0.5) is 13.2 Å². The SMILES string of the molecule is N#Cc1cccc(C(=O)NCC(O)c2cccc(C(F)(F)F)c2)c1. The number of nitrogens with one attached hydrogen (secondary N) is 1. The molecular weight excluding hydrogens is 321 g/mol. The molecule has 0 spiro atoms. The molecule has 0 aliphatic carbocycles. The van der Waals surface area contributed by atoms with Gasteiger partial charge in [-0.2, -0.15) is 18.4 Å². The topological polar surface area (TPSA) is 73.1 Å². The number of rotatable bonds is 4. The zero-order chi connectivity index (χ0) is 17.7. The summed E-state index contributed by atoms with van der Waals surface area (Å²) in [4.78, 5) is 12.0. The summed E-state index contributed by atoms with van der Waals surface area (Å²) in [6, 6.07) is 12.1. The van der Waals surface area contributed by atoms with Gasteiger partial charge in [0, 0.05) is 12.1 Å². The van der Waals surface area contributed by atoms with Crippen LogP contribution in [-0.2, 0) is 6.18 Å². The Morgan fingerprint density at radius 1 is 1.21 bits per heavy atom. The van der Waals surface area contributed by atoms with Crippen LogP contribution in [-0.4, -0.2) is 17.6 Å². The number of nitrogens with zero attached hydrogens (tertiary/aromatic N) is 1. The summed E-state index contributed by atoms with van der Waals surface area (Å²) in [6.07, 6.45) is -5.79. The van der Waals surface area contributed by atoms with Gasteiger partial charge in [0.2, 0.25) is 0 Å². The molecule has 0 radical (unpaired) electrons. The minimum Gasteiger partial charge on any atom is -0.387 e. The molecule has 2 rings (SSSR count). The first-order chi connectivity index (χ1) is 11.3. The summed E-state index contributed by atoms with van der Waals surface area (Å²) < 4.78 is 38.0. The maximum atomic E-state index is 12.7. The fraction of sp³-hybridized carbons (Fsp3) is 0.176. The smallest absolute Gasteiger partial charge is 0.387 e. The van der Waals surface area contributed by atoms with Crippen LogP contribution in [0.1, 0.15) is 33.2 Å². The molecule has 0 saturated carbocycles. The van der Waals surface area contributed by atoms with Gasteiger partial charge in [0.05, 0.1) is 23.3 Å². The quantitative estimate of drug-likeness (QED) is 0.903. The Labute approximate surface area is 136 Å². The Hall–Kier alpha value is -2.85. The Morgan fingerprint density at radius 3 is 2.58 bits per heavy atom. The maximum absolute atomic E-state index is 12.7. The van der Waals surface area contributed by atoms with Crippen LogP contribution in [0.15, 0.2) is 48.5 Å². The molecule has 124 valence electrons. The van der Waals surface area contributed by atoms with Gasteiger partial charge in [-0.1, -0.05) is 18.2 Å². The molecule has 0 fully saturated rings. The second kappa shape index (κ2) is 7.15. The number of hydrogen-bond acceptors (Lipinski definition) is 3. The van der Waals surface area contributed by atoms with Crippen LogP contribution < -0.4 is 5.32 Å². The lowest BCUT2D eigenvalue weighted by atomic mass is 10.1. The van der Waals surface area contributed by atoms with Crippen molar-refractivity contribution in [2.75, 3.05) is 6.54 Å². The van der Waals surface area contributed by atoms with Gasteiger partial charge in [-0.3, -0.25) is 4.79 Å². The molecule has 0 aromatic heterocycles. The first kappa shape index (κ1) is 17.5. The van der Waals surface area contributed by atoms with Gasteiger partial charge in [-0.15, -0.1) is 0 Å². The maximum Gasteiger partial charge on any atom is 0.416 e. The van der Waals surface area contributed by atoms with Crippen molar-refractivity contribution >= 4 is 5.91 Å². The number of amides is 1. The highest BCUT2D eigenvalue weighted by Crippen LogP contribution is 2.30. The Kier molecular flexibility index (Phi) is 5.21. The van der Waals surface area contributed by atoms with Crippen LogP contribution in [0.5, 0.6) is 0 Å². The van der Waals surface area contributed by atoms with Gasteiger partial charge in [-0.05, 0) is 35.9 Å². The molecule has 0 aliphatic rings. The van der Waals surface area contributed by atoms with Crippen LogP contribution in [0.3, 0.4) is 0 Å². The number of carbonyl (C=O) groups excluding carboxylic acids is 1. The van der Waals surface area contributed by atoms with Gasteiger partial charge in [-0.25, -0.2) is 0 Å². The predicted octanol–water partition coefficient (Wildman–Crippen LogP) is 3.04. The van der Waals surface area contributed by atoms with Crippen molar-refractivity contribution in [1.82, 2.24) is 5.32 Å². The van der Waals surface area contributed by atoms with Crippen molar-refractivity contribution in [2.24, 2.45) is 0 Å². The van der Waals surface area contributed by atoms with Crippen molar-refractivity contribution in [2.45, 2.75) is 12.3 Å². The minimum absolute atomic E-state index is 0.0518. The zero-order valence-corrected chi connectivity index (χ0v) is 12.3. The van der Waals surface area contributed by atoms with E-state index in [1.54, 1.807) is 0 Å². The van der Waals surface area contributed by atoms with Crippen molar-refractivity contribution in [3.8, 4) is 6.07 Å². The molecule has 7 heteroatoms. The average molecular weight is 334 g/mol. The monoisotopic (exact) mass is 334 g/mol. The van der Waals surface area contributed by atoms with E-state index in [-0.39, 0.29) is 17.7 Å². The van der Waals surface area contributed by atoms with E-state index in [0.717, 1.165) is 12.1 Å². The fourth-order valence-corrected chi connectivity index (χ4v) is 2.06. The zero-order valence-electron chi connectivity index (χ0n) is 12.3. The van der Waals surface area contributed by atoms with Gasteiger partial charge < -0.3 is 10.4 Å². The van der Waals surface area contributed by atoms with Crippen molar-refractivity contribution in [1.29, 1.82) is 5.26 Å². The van der Waals surface area contributed by atoms with Crippen molar-refractivity contribution < 1.29 is 23.1 Å². The van der Waals surface area contributed by atoms with Gasteiger partial charge in [0.15, 0.2) is 0 Å². The molecular formula is C17H13F3N2O2. The van der Waals surface area contributed by atoms with Crippen molar-refractivity contribution in [3.63, 3.8) is 0 Å². The summed E-state index contributed by atoms with van der Waals surface area (Å²) in [6.45, 7) is -0.253. The summed E-state index contributed by atoms with van der Waals surface area (Å²) >= 11 is 0. The van der Waals surface area contributed by atoms with E-state index in [1.165, 1.54) is 36.4 Å². The molecule has 0 aliphatic heterocycles. The molecule has 2 N–H and O–H groups in total. The third-order valence-electron chi connectivity index (χ3n) is 3.31. The third-order valence-corrected chi connectivity index (χ3v) is 3.31. The molecule has 24 heavy (non-hydrogen) atoms. The number of aliphatic hydroxyl groups is 1. The lowest BCUT2D eigenvalue weighted by Crippen LogP contribution is -2.28. The largest absolute Gasteiger partial charge is 0.416 e. The lowest BCUT2D eigenvalue weighted by Gasteiger charge is -2.14. The predicted molar refractivity (Wildman–Crippen MR) is 79.9 cm³/mol. The van der Waals surface area contributed by atoms with Crippen LogP contribution in [0, 0.1) is 11.3 Å². The molecule has 1 amide bonds. The molecule has 2 aromatic rings. The lowest BCUT2D eigenvalue weighted by molar-refractivity contribution is -0.137. The van der Waals surface area contributed by atoms with Crippen LogP contribution in [0.2, 0.25) is 0 Å². The number of nitriles is 1. The highest BCUT2D eigenvalue weighted by atomic mass is 19.4. The summed E-state index contributed by atoms with van der Waals surface area (Å²) in [5, 5.41) is 21.2. The van der Waals surface area contributed by atoms with E-state index in [2.05, 4.69) is 5.32 Å². The minimum atomic E-state index is -4.50. The number of benzene rings is 2. The van der Waals surface area contributed by atoms with Crippen LogP contribution >= 0.6 is 0 Å². The number of carbonyl (C=O) groups is 1. The number of halogens is 3. The molecule has 4 nitrogen and oxygen atoms in total. The number of hydrogen-bond donors (Lipinski definition) is 2. The highest BCUT2D eigenvalue weighted by Gasteiger charge is 2.30. The van der Waals surface area contributed by atoms with Gasteiger partial charge in [0.25, 0.3) is 5.91 Å². The second-order valence-electron chi connectivity index (χ2n) is 5.04. The Balaban J connectivity index is 2.04. The standard InChI is InChI=1S/C17H13F3N2O2/c18-17(19,20)14-6-2-4-12(8-14)15(23)10-22-16(24)13-5-1-3-11(7-13)9-21/h1-8,15,23H,10H2,(H,22,24). The fourth-order valence-electron chi connectivity index (χ4n) is 2.06. The Bertz CT molecular complexity index is 782. The van der Waals surface area contributed by atoms with E-state index in [0.29, 0.717) is 5.56 Å². The summed E-state index contributed by atoms with van der Waals surface area (Å²) in [7, 11) is 0. The third kappa shape index (κ3) is 4.33. The summed E-state index contributed by atoms with van der Waals surface area (Å²) in [5.41, 5.74) is -0.283. The normalized spacial score (nSPS) is 12.3. The van der Waals surface area contributed by atoms with E-state index in [1.807, 2.05) is 6.07 Å². The second-order valence-corrected chi connectivity index (χ2v) is 5.04. The number of alkyl halides is 3. The molecule has 2 aromatic carbocycles. The van der Waals surface area contributed by atoms with E-state index in [4.69, 9.17) is 5.26 Å². The average Bonchev–Trinajstić information content (AvgIpc) is 2.58. The first-order valence-corrected chi connectivity index (χ1v) is 6.95. The molecule has 1 unspecified atom stereocenters. The van der Waals surface area contributed by atoms with E-state index in [9.17, 15) is 23.1 Å². The summed E-state index contributed by atoms with van der Waals surface area (Å²) in [5.74, 6) is -0.530.